The van der Waals surface area contributed by atoms with Crippen LogP contribution in [0, 0.1) is 0 Å². The summed E-state index contributed by atoms with van der Waals surface area (Å²) >= 11 is 0. The minimum Gasteiger partial charge on any atom is -0.442 e. The van der Waals surface area contributed by atoms with E-state index in [1.54, 1.807) is 54.6 Å². The molecule has 178 valence electrons. The van der Waals surface area contributed by atoms with Crippen molar-refractivity contribution in [2.24, 2.45) is 0 Å². The number of unbranched alkanes of at least 4 members (excludes halogenated alkanes) is 3. The fourth-order valence-corrected chi connectivity index (χ4v) is 3.53. The first-order valence-electron chi connectivity index (χ1n) is 11.2. The second kappa shape index (κ2) is 11.7. The molecule has 0 fully saturated rings. The Morgan fingerprint density at radius 1 is 0.971 bits per heavy atom. The van der Waals surface area contributed by atoms with Crippen molar-refractivity contribution in [2.75, 3.05) is 7.05 Å². The van der Waals surface area contributed by atoms with Crippen LogP contribution in [0.25, 0.3) is 10.8 Å². The molecule has 0 spiro atoms. The number of esters is 1. The zero-order valence-corrected chi connectivity index (χ0v) is 19.2. The second-order valence-electron chi connectivity index (χ2n) is 7.75. The normalized spacial score (nSPS) is 11.6. The molecule has 9 heteroatoms. The van der Waals surface area contributed by atoms with E-state index in [2.05, 4.69) is 22.7 Å². The number of nitrogens with zero attached hydrogens (tertiary/aromatic N) is 2. The molecule has 2 aromatic carbocycles. The van der Waals surface area contributed by atoms with Crippen LogP contribution in [0.5, 0.6) is 0 Å². The van der Waals surface area contributed by atoms with Crippen molar-refractivity contribution in [2.45, 2.75) is 45.3 Å². The van der Waals surface area contributed by atoms with Crippen LogP contribution in [-0.4, -0.2) is 34.7 Å². The Bertz CT molecular complexity index is 1220. The molecule has 3 rings (SSSR count). The maximum atomic E-state index is 13.3. The van der Waals surface area contributed by atoms with E-state index < -0.39 is 24.0 Å². The summed E-state index contributed by atoms with van der Waals surface area (Å²) in [5.41, 5.74) is 0.0226. The number of urea groups is 1. The van der Waals surface area contributed by atoms with Crippen LogP contribution in [0.2, 0.25) is 0 Å². The van der Waals surface area contributed by atoms with Crippen LogP contribution >= 0.6 is 0 Å². The van der Waals surface area contributed by atoms with Crippen molar-refractivity contribution in [1.82, 2.24) is 20.4 Å². The molecule has 0 saturated heterocycles. The first-order valence-corrected chi connectivity index (χ1v) is 11.2. The molecule has 1 heterocycles. The summed E-state index contributed by atoms with van der Waals surface area (Å²) in [5.74, 6) is -1.68. The largest absolute Gasteiger partial charge is 0.442 e. The standard InChI is InChI=1S/C25H28N4O5/c1-3-4-5-11-16-29-23(31)19-15-10-9-14-18(19)20(28-29)24(32)34-21(17-12-7-6-8-13-17)22(30)27-25(33)26-2/h6-10,12-15,21H,3-5,11,16H2,1-2H3,(H2,26,27,30,33). The van der Waals surface area contributed by atoms with Gasteiger partial charge in [-0.3, -0.25) is 14.9 Å². The molecular formula is C25H28N4O5. The molecule has 3 amide bonds. The highest BCUT2D eigenvalue weighted by Crippen LogP contribution is 2.22. The van der Waals surface area contributed by atoms with Gasteiger partial charge >= 0.3 is 12.0 Å². The monoisotopic (exact) mass is 464 g/mol. The number of rotatable bonds is 9. The number of fused-ring (bicyclic) bond motifs is 1. The molecule has 0 radical (unpaired) electrons. The smallest absolute Gasteiger partial charge is 0.360 e. The SMILES string of the molecule is CCCCCCn1nc(C(=O)OC(C(=O)NC(=O)NC)c2ccccc2)c2ccccc2c1=O. The number of carbonyl (C=O) groups excluding carboxylic acids is 3. The van der Waals surface area contributed by atoms with Crippen molar-refractivity contribution in [3.05, 3.63) is 76.2 Å². The third kappa shape index (κ3) is 5.86. The van der Waals surface area contributed by atoms with Crippen LogP contribution in [0.1, 0.15) is 54.8 Å². The Labute approximate surface area is 197 Å². The van der Waals surface area contributed by atoms with Crippen molar-refractivity contribution in [1.29, 1.82) is 0 Å². The molecule has 9 nitrogen and oxygen atoms in total. The zero-order valence-electron chi connectivity index (χ0n) is 19.2. The van der Waals surface area contributed by atoms with Gasteiger partial charge in [-0.25, -0.2) is 14.3 Å². The van der Waals surface area contributed by atoms with E-state index in [0.29, 0.717) is 22.9 Å². The number of benzene rings is 2. The summed E-state index contributed by atoms with van der Waals surface area (Å²) in [5, 5.41) is 9.41. The van der Waals surface area contributed by atoms with E-state index in [1.165, 1.54) is 11.7 Å². The van der Waals surface area contributed by atoms with Gasteiger partial charge in [-0.15, -0.1) is 0 Å². The van der Waals surface area contributed by atoms with Gasteiger partial charge in [0.25, 0.3) is 11.5 Å². The number of hydrogen-bond acceptors (Lipinski definition) is 6. The number of amides is 3. The average molecular weight is 465 g/mol. The molecule has 1 aromatic heterocycles. The van der Waals surface area contributed by atoms with Gasteiger partial charge in [0.2, 0.25) is 6.10 Å². The summed E-state index contributed by atoms with van der Waals surface area (Å²) < 4.78 is 6.84. The van der Waals surface area contributed by atoms with Crippen molar-refractivity contribution in [3.8, 4) is 0 Å². The molecule has 1 unspecified atom stereocenters. The number of ether oxygens (including phenoxy) is 1. The fourth-order valence-electron chi connectivity index (χ4n) is 3.53. The van der Waals surface area contributed by atoms with Gasteiger partial charge in [-0.1, -0.05) is 74.7 Å². The van der Waals surface area contributed by atoms with Gasteiger partial charge in [-0.05, 0) is 12.5 Å². The predicted octanol–water partition coefficient (Wildman–Crippen LogP) is 3.33. The summed E-state index contributed by atoms with van der Waals surface area (Å²) in [6.45, 7) is 2.46. The van der Waals surface area contributed by atoms with E-state index in [9.17, 15) is 19.2 Å². The lowest BCUT2D eigenvalue weighted by Gasteiger charge is -2.18. The Hall–Kier alpha value is -4.01. The Kier molecular flexibility index (Phi) is 8.50. The lowest BCUT2D eigenvalue weighted by atomic mass is 10.1. The van der Waals surface area contributed by atoms with E-state index in [0.717, 1.165) is 25.7 Å². The molecule has 0 saturated carbocycles. The van der Waals surface area contributed by atoms with Crippen LogP contribution in [0.15, 0.2) is 59.4 Å². The molecule has 0 bridgehead atoms. The van der Waals surface area contributed by atoms with Crippen molar-refractivity contribution >= 4 is 28.7 Å². The van der Waals surface area contributed by atoms with Gasteiger partial charge in [0.05, 0.1) is 5.39 Å². The molecule has 0 aliphatic heterocycles. The molecule has 3 aromatic rings. The van der Waals surface area contributed by atoms with E-state index in [-0.39, 0.29) is 11.3 Å². The molecule has 1 atom stereocenters. The first-order chi connectivity index (χ1) is 16.5. The summed E-state index contributed by atoms with van der Waals surface area (Å²) in [7, 11) is 1.37. The number of hydrogen-bond donors (Lipinski definition) is 2. The Morgan fingerprint density at radius 2 is 1.65 bits per heavy atom. The lowest BCUT2D eigenvalue weighted by molar-refractivity contribution is -0.129. The summed E-state index contributed by atoms with van der Waals surface area (Å²) in [6, 6.07) is 14.3. The maximum absolute atomic E-state index is 13.3. The average Bonchev–Trinajstić information content (AvgIpc) is 2.86. The van der Waals surface area contributed by atoms with E-state index in [4.69, 9.17) is 4.74 Å². The fraction of sp³-hybridized carbons (Fsp3) is 0.320. The predicted molar refractivity (Wildman–Crippen MR) is 127 cm³/mol. The molecular weight excluding hydrogens is 436 g/mol. The summed E-state index contributed by atoms with van der Waals surface area (Å²) in [4.78, 5) is 50.6. The van der Waals surface area contributed by atoms with Crippen molar-refractivity contribution < 1.29 is 19.1 Å². The van der Waals surface area contributed by atoms with Crippen LogP contribution in [-0.2, 0) is 16.1 Å². The number of carbonyl (C=O) groups is 3. The topological polar surface area (TPSA) is 119 Å². The van der Waals surface area contributed by atoms with Gasteiger partial charge in [0, 0.05) is 24.5 Å². The second-order valence-corrected chi connectivity index (χ2v) is 7.75. The number of imide groups is 1. The molecule has 2 N–H and O–H groups in total. The highest BCUT2D eigenvalue weighted by atomic mass is 16.5. The number of nitrogens with one attached hydrogen (secondary N) is 2. The van der Waals surface area contributed by atoms with Crippen LogP contribution in [0.3, 0.4) is 0 Å². The third-order valence-corrected chi connectivity index (χ3v) is 5.31. The lowest BCUT2D eigenvalue weighted by Crippen LogP contribution is -2.41. The minimum atomic E-state index is -1.39. The molecule has 0 aliphatic carbocycles. The Balaban J connectivity index is 1.97. The van der Waals surface area contributed by atoms with E-state index >= 15 is 0 Å². The van der Waals surface area contributed by atoms with Gasteiger partial charge in [0.1, 0.15) is 0 Å². The highest BCUT2D eigenvalue weighted by molar-refractivity contribution is 6.04. The van der Waals surface area contributed by atoms with Crippen LogP contribution < -0.4 is 16.2 Å². The minimum absolute atomic E-state index is 0.0700. The van der Waals surface area contributed by atoms with Crippen molar-refractivity contribution in [3.63, 3.8) is 0 Å². The van der Waals surface area contributed by atoms with Crippen LogP contribution in [0.4, 0.5) is 4.79 Å². The third-order valence-electron chi connectivity index (χ3n) is 5.31. The zero-order chi connectivity index (χ0) is 24.5. The van der Waals surface area contributed by atoms with E-state index in [1.807, 2.05) is 0 Å². The van der Waals surface area contributed by atoms with Gasteiger partial charge in [-0.2, -0.15) is 5.10 Å². The molecule has 34 heavy (non-hydrogen) atoms. The quantitative estimate of drug-likeness (QED) is 0.370. The maximum Gasteiger partial charge on any atom is 0.360 e. The number of aryl methyl sites for hydroxylation is 1. The molecule has 0 aliphatic rings. The Morgan fingerprint density at radius 3 is 2.32 bits per heavy atom. The number of aromatic nitrogens is 2. The van der Waals surface area contributed by atoms with Gasteiger partial charge in [0.15, 0.2) is 5.69 Å². The summed E-state index contributed by atoms with van der Waals surface area (Å²) in [6.07, 6.45) is 2.38. The van der Waals surface area contributed by atoms with Gasteiger partial charge < -0.3 is 10.1 Å². The highest BCUT2D eigenvalue weighted by Gasteiger charge is 2.29. The first kappa shape index (κ1) is 24.6.